The fourth-order valence-electron chi connectivity index (χ4n) is 2.25. The summed E-state index contributed by atoms with van der Waals surface area (Å²) in [5.74, 6) is 0.205. The predicted molar refractivity (Wildman–Crippen MR) is 97.6 cm³/mol. The van der Waals surface area contributed by atoms with E-state index >= 15 is 0 Å². The fourth-order valence-corrected chi connectivity index (χ4v) is 2.53. The van der Waals surface area contributed by atoms with Crippen LogP contribution in [-0.2, 0) is 22.6 Å². The van der Waals surface area contributed by atoms with Crippen LogP contribution in [0.15, 0.2) is 48.5 Å². The molecule has 0 radical (unpaired) electrons. The van der Waals surface area contributed by atoms with Crippen molar-refractivity contribution in [3.05, 3.63) is 64.7 Å². The minimum absolute atomic E-state index is 0.0327. The Labute approximate surface area is 152 Å². The van der Waals surface area contributed by atoms with Gasteiger partial charge in [-0.1, -0.05) is 48.0 Å². The molecule has 0 saturated carbocycles. The van der Waals surface area contributed by atoms with Gasteiger partial charge in [-0.25, -0.2) is 0 Å². The molecule has 5 nitrogen and oxygen atoms in total. The number of nitrogens with one attached hydrogen (secondary N) is 2. The first-order valence-electron chi connectivity index (χ1n) is 7.98. The lowest BCUT2D eigenvalue weighted by molar-refractivity contribution is -0.126. The molecule has 2 amide bonds. The summed E-state index contributed by atoms with van der Waals surface area (Å²) in [5, 5.41) is 5.90. The normalized spacial score (nSPS) is 10.2. The third kappa shape index (κ3) is 6.47. The standard InChI is InChI=1S/C19H21ClN2O3/c1-25-17-9-7-14(11-16(17)20)8-10-18(23)22-13-19(24)21-12-15-5-3-2-4-6-15/h2-7,9,11H,8,10,12-13H2,1H3,(H,21,24)(H,22,23). The minimum atomic E-state index is -0.218. The van der Waals surface area contributed by atoms with Gasteiger partial charge in [-0.15, -0.1) is 0 Å². The summed E-state index contributed by atoms with van der Waals surface area (Å²) in [7, 11) is 1.55. The lowest BCUT2D eigenvalue weighted by Gasteiger charge is -2.08. The Bertz CT molecular complexity index is 720. The van der Waals surface area contributed by atoms with Crippen LogP contribution in [0.1, 0.15) is 17.5 Å². The molecule has 0 bridgehead atoms. The van der Waals surface area contributed by atoms with Crippen molar-refractivity contribution in [2.45, 2.75) is 19.4 Å². The molecule has 0 spiro atoms. The lowest BCUT2D eigenvalue weighted by Crippen LogP contribution is -2.36. The van der Waals surface area contributed by atoms with Crippen molar-refractivity contribution in [2.75, 3.05) is 13.7 Å². The minimum Gasteiger partial charge on any atom is -0.495 e. The lowest BCUT2D eigenvalue weighted by atomic mass is 10.1. The summed E-state index contributed by atoms with van der Waals surface area (Å²) in [4.78, 5) is 23.6. The molecule has 0 saturated heterocycles. The molecule has 132 valence electrons. The topological polar surface area (TPSA) is 67.4 Å². The summed E-state index contributed by atoms with van der Waals surface area (Å²) in [6.07, 6.45) is 0.829. The van der Waals surface area contributed by atoms with Gasteiger partial charge in [0.1, 0.15) is 5.75 Å². The van der Waals surface area contributed by atoms with Gasteiger partial charge in [0, 0.05) is 13.0 Å². The molecule has 2 rings (SSSR count). The largest absolute Gasteiger partial charge is 0.495 e. The zero-order valence-electron chi connectivity index (χ0n) is 14.0. The van der Waals surface area contributed by atoms with Crippen LogP contribution < -0.4 is 15.4 Å². The first kappa shape index (κ1) is 18.8. The highest BCUT2D eigenvalue weighted by molar-refractivity contribution is 6.32. The molecule has 0 aliphatic rings. The van der Waals surface area contributed by atoms with E-state index in [-0.39, 0.29) is 24.8 Å². The number of ether oxygens (including phenoxy) is 1. The van der Waals surface area contributed by atoms with Gasteiger partial charge in [0.05, 0.1) is 18.7 Å². The van der Waals surface area contributed by atoms with Crippen LogP contribution in [0.4, 0.5) is 0 Å². The molecule has 2 aromatic rings. The quantitative estimate of drug-likeness (QED) is 0.760. The molecular weight excluding hydrogens is 340 g/mol. The van der Waals surface area contributed by atoms with Crippen LogP contribution in [0.3, 0.4) is 0 Å². The molecule has 0 aromatic heterocycles. The number of hydrogen-bond donors (Lipinski definition) is 2. The summed E-state index contributed by atoms with van der Waals surface area (Å²) >= 11 is 6.05. The number of carbonyl (C=O) groups is 2. The van der Waals surface area contributed by atoms with Gasteiger partial charge < -0.3 is 15.4 Å². The van der Waals surface area contributed by atoms with Crippen LogP contribution in [0.2, 0.25) is 5.02 Å². The third-order valence-corrected chi connectivity index (χ3v) is 3.93. The van der Waals surface area contributed by atoms with E-state index in [4.69, 9.17) is 16.3 Å². The number of halogens is 1. The molecule has 6 heteroatoms. The van der Waals surface area contributed by atoms with Crippen LogP contribution >= 0.6 is 11.6 Å². The fraction of sp³-hybridized carbons (Fsp3) is 0.263. The molecule has 25 heavy (non-hydrogen) atoms. The Kier molecular flexibility index (Phi) is 7.29. The van der Waals surface area contributed by atoms with Crippen molar-refractivity contribution in [3.8, 4) is 5.75 Å². The van der Waals surface area contributed by atoms with Crippen LogP contribution in [0.25, 0.3) is 0 Å². The highest BCUT2D eigenvalue weighted by Gasteiger charge is 2.07. The van der Waals surface area contributed by atoms with Crippen molar-refractivity contribution in [2.24, 2.45) is 0 Å². The van der Waals surface area contributed by atoms with Gasteiger partial charge >= 0.3 is 0 Å². The summed E-state index contributed by atoms with van der Waals surface area (Å²) in [5.41, 5.74) is 1.95. The van der Waals surface area contributed by atoms with Gasteiger partial charge in [-0.2, -0.15) is 0 Å². The maximum Gasteiger partial charge on any atom is 0.239 e. The maximum atomic E-state index is 11.9. The molecular formula is C19H21ClN2O3. The Morgan fingerprint density at radius 1 is 1.00 bits per heavy atom. The zero-order chi connectivity index (χ0) is 18.1. The molecule has 0 aliphatic carbocycles. The molecule has 0 atom stereocenters. The average Bonchev–Trinajstić information content (AvgIpc) is 2.64. The van der Waals surface area contributed by atoms with E-state index in [0.29, 0.717) is 23.7 Å². The number of carbonyl (C=O) groups excluding carboxylic acids is 2. The number of aryl methyl sites for hydroxylation is 1. The van der Waals surface area contributed by atoms with E-state index in [0.717, 1.165) is 11.1 Å². The van der Waals surface area contributed by atoms with Crippen LogP contribution in [-0.4, -0.2) is 25.5 Å². The number of benzene rings is 2. The van der Waals surface area contributed by atoms with Crippen molar-refractivity contribution in [1.29, 1.82) is 0 Å². The number of amides is 2. The van der Waals surface area contributed by atoms with E-state index in [1.165, 1.54) is 0 Å². The predicted octanol–water partition coefficient (Wildman–Crippen LogP) is 2.71. The average molecular weight is 361 g/mol. The Balaban J connectivity index is 1.68. The number of methoxy groups -OCH3 is 1. The smallest absolute Gasteiger partial charge is 0.239 e. The monoisotopic (exact) mass is 360 g/mol. The van der Waals surface area contributed by atoms with Crippen LogP contribution in [0, 0.1) is 0 Å². The molecule has 0 heterocycles. The van der Waals surface area contributed by atoms with Gasteiger partial charge in [0.2, 0.25) is 11.8 Å². The molecule has 2 N–H and O–H groups in total. The highest BCUT2D eigenvalue weighted by atomic mass is 35.5. The van der Waals surface area contributed by atoms with Gasteiger partial charge in [-0.05, 0) is 29.7 Å². The van der Waals surface area contributed by atoms with E-state index < -0.39 is 0 Å². The molecule has 0 fully saturated rings. The maximum absolute atomic E-state index is 11.9. The van der Waals surface area contributed by atoms with Crippen LogP contribution in [0.5, 0.6) is 5.75 Å². The van der Waals surface area contributed by atoms with E-state index in [1.807, 2.05) is 36.4 Å². The van der Waals surface area contributed by atoms with Crippen molar-refractivity contribution in [1.82, 2.24) is 10.6 Å². The van der Waals surface area contributed by atoms with Crippen molar-refractivity contribution >= 4 is 23.4 Å². The summed E-state index contributed by atoms with van der Waals surface area (Å²) < 4.78 is 5.09. The summed E-state index contributed by atoms with van der Waals surface area (Å²) in [6, 6.07) is 15.0. The highest BCUT2D eigenvalue weighted by Crippen LogP contribution is 2.25. The summed E-state index contributed by atoms with van der Waals surface area (Å²) in [6.45, 7) is 0.412. The van der Waals surface area contributed by atoms with Gasteiger partial charge in [-0.3, -0.25) is 9.59 Å². The number of hydrogen-bond acceptors (Lipinski definition) is 3. The Morgan fingerprint density at radius 2 is 1.76 bits per heavy atom. The molecule has 0 unspecified atom stereocenters. The Morgan fingerprint density at radius 3 is 2.44 bits per heavy atom. The van der Waals surface area contributed by atoms with Gasteiger partial charge in [0.15, 0.2) is 0 Å². The molecule has 0 aliphatic heterocycles. The first-order valence-corrected chi connectivity index (χ1v) is 8.36. The number of rotatable bonds is 8. The zero-order valence-corrected chi connectivity index (χ0v) is 14.8. The second-order valence-corrected chi connectivity index (χ2v) is 5.92. The van der Waals surface area contributed by atoms with Gasteiger partial charge in [0.25, 0.3) is 0 Å². The SMILES string of the molecule is COc1ccc(CCC(=O)NCC(=O)NCc2ccccc2)cc1Cl. The van der Waals surface area contributed by atoms with E-state index in [9.17, 15) is 9.59 Å². The second kappa shape index (κ2) is 9.69. The van der Waals surface area contributed by atoms with Crippen molar-refractivity contribution in [3.63, 3.8) is 0 Å². The Hall–Kier alpha value is -2.53. The third-order valence-electron chi connectivity index (χ3n) is 3.64. The first-order chi connectivity index (χ1) is 12.1. The van der Waals surface area contributed by atoms with Crippen molar-refractivity contribution < 1.29 is 14.3 Å². The van der Waals surface area contributed by atoms with E-state index in [2.05, 4.69) is 10.6 Å². The molecule has 2 aromatic carbocycles. The second-order valence-electron chi connectivity index (χ2n) is 5.51. The van der Waals surface area contributed by atoms with E-state index in [1.54, 1.807) is 19.2 Å².